The first-order valence-electron chi connectivity index (χ1n) is 10.2. The first kappa shape index (κ1) is 20.4. The number of nitrogens with zero attached hydrogens (tertiary/aromatic N) is 1. The molecule has 0 spiro atoms. The molecule has 2 saturated heterocycles. The highest BCUT2D eigenvalue weighted by Gasteiger charge is 2.44. The fourth-order valence-corrected chi connectivity index (χ4v) is 5.38. The molecule has 29 heavy (non-hydrogen) atoms. The average molecular weight is 417 g/mol. The number of nitrogens with one attached hydrogen (secondary N) is 3. The second-order valence-electron chi connectivity index (χ2n) is 7.67. The largest absolute Gasteiger partial charge is 0.383 e. The Balaban J connectivity index is 1.42. The zero-order valence-electron chi connectivity index (χ0n) is 16.6. The number of carbonyl (C=O) groups excluding carboxylic acids is 2. The van der Waals surface area contributed by atoms with Crippen LogP contribution in [0, 0.1) is 5.92 Å². The Morgan fingerprint density at radius 3 is 2.97 bits per heavy atom. The number of benzene rings is 1. The van der Waals surface area contributed by atoms with E-state index in [1.807, 2.05) is 18.2 Å². The minimum Gasteiger partial charge on any atom is -0.383 e. The van der Waals surface area contributed by atoms with E-state index in [2.05, 4.69) is 38.4 Å². The molecule has 0 radical (unpaired) electrons. The summed E-state index contributed by atoms with van der Waals surface area (Å²) in [6.07, 6.45) is 1.54. The Morgan fingerprint density at radius 2 is 2.17 bits per heavy atom. The lowest BCUT2D eigenvalue weighted by atomic mass is 9.94. The number of fused-ring (bicyclic) bond motifs is 1. The molecular weight excluding hydrogens is 388 g/mol. The van der Waals surface area contributed by atoms with E-state index in [0.29, 0.717) is 19.7 Å². The molecule has 8 heteroatoms. The van der Waals surface area contributed by atoms with Crippen LogP contribution >= 0.6 is 11.8 Å². The normalized spacial score (nSPS) is 29.7. The van der Waals surface area contributed by atoms with Gasteiger partial charge in [-0.15, -0.1) is 11.8 Å². The lowest BCUT2D eigenvalue weighted by Crippen LogP contribution is -2.69. The molecule has 0 aromatic heterocycles. The smallest absolute Gasteiger partial charge is 0.237 e. The molecule has 4 rings (SSSR count). The first-order valence-corrected chi connectivity index (χ1v) is 11.1. The van der Waals surface area contributed by atoms with Crippen molar-refractivity contribution in [2.45, 2.75) is 30.4 Å². The summed E-state index contributed by atoms with van der Waals surface area (Å²) in [5.74, 6) is 0.0461. The van der Waals surface area contributed by atoms with Crippen LogP contribution in [-0.4, -0.2) is 67.6 Å². The maximum absolute atomic E-state index is 12.8. The number of carbonyl (C=O) groups is 2. The maximum atomic E-state index is 12.8. The Bertz CT molecular complexity index is 772. The zero-order valence-corrected chi connectivity index (χ0v) is 17.4. The standard InChI is InChI=1S/C21H28N4O3S/c1-28-11-9-22-19(26)15-8-5-10-25(12-15)21-23-17-16(14-6-3-2-4-7-14)13-29-18(17)20(27)24-21/h2-4,6-7,13,15,17-18,21,23H,5,8-12H2,1H3,(H,22,26)(H,24,27). The molecule has 3 heterocycles. The van der Waals surface area contributed by atoms with Crippen molar-refractivity contribution < 1.29 is 14.3 Å². The van der Waals surface area contributed by atoms with Gasteiger partial charge in [0, 0.05) is 26.7 Å². The third kappa shape index (κ3) is 4.50. The number of ether oxygens (including phenoxy) is 1. The van der Waals surface area contributed by atoms with Gasteiger partial charge < -0.3 is 15.4 Å². The lowest BCUT2D eigenvalue weighted by molar-refractivity contribution is -0.129. The molecule has 1 aromatic carbocycles. The summed E-state index contributed by atoms with van der Waals surface area (Å²) in [5, 5.41) is 11.6. The Morgan fingerprint density at radius 1 is 1.34 bits per heavy atom. The molecule has 0 bridgehead atoms. The van der Waals surface area contributed by atoms with Crippen molar-refractivity contribution in [1.29, 1.82) is 0 Å². The van der Waals surface area contributed by atoms with Gasteiger partial charge in [-0.2, -0.15) is 0 Å². The van der Waals surface area contributed by atoms with Crippen molar-refractivity contribution in [3.05, 3.63) is 41.3 Å². The molecule has 1 aromatic rings. The monoisotopic (exact) mass is 416 g/mol. The third-order valence-corrected chi connectivity index (χ3v) is 6.93. The molecule has 7 nitrogen and oxygen atoms in total. The van der Waals surface area contributed by atoms with E-state index in [1.54, 1.807) is 18.9 Å². The van der Waals surface area contributed by atoms with Gasteiger partial charge in [0.25, 0.3) is 0 Å². The fourth-order valence-electron chi connectivity index (χ4n) is 4.23. The Kier molecular flexibility index (Phi) is 6.54. The van der Waals surface area contributed by atoms with Crippen LogP contribution in [0.5, 0.6) is 0 Å². The van der Waals surface area contributed by atoms with E-state index in [9.17, 15) is 9.59 Å². The van der Waals surface area contributed by atoms with Gasteiger partial charge in [0.05, 0.1) is 18.6 Å². The Hall–Kier alpha value is -1.87. The molecule has 3 aliphatic rings. The first-order chi connectivity index (χ1) is 14.2. The number of rotatable bonds is 6. The minimum atomic E-state index is -0.260. The minimum absolute atomic E-state index is 0.0305. The lowest BCUT2D eigenvalue weighted by Gasteiger charge is -2.43. The zero-order chi connectivity index (χ0) is 20.2. The fraction of sp³-hybridized carbons (Fsp3) is 0.524. The van der Waals surface area contributed by atoms with E-state index in [4.69, 9.17) is 4.74 Å². The van der Waals surface area contributed by atoms with Gasteiger partial charge >= 0.3 is 0 Å². The molecule has 156 valence electrons. The summed E-state index contributed by atoms with van der Waals surface area (Å²) in [6.45, 7) is 2.52. The Labute approximate surface area is 175 Å². The molecule has 0 aliphatic carbocycles. The van der Waals surface area contributed by atoms with Crippen LogP contribution in [0.4, 0.5) is 0 Å². The quantitative estimate of drug-likeness (QED) is 0.600. The van der Waals surface area contributed by atoms with Gasteiger partial charge in [-0.1, -0.05) is 30.3 Å². The van der Waals surface area contributed by atoms with Crippen molar-refractivity contribution in [3.63, 3.8) is 0 Å². The number of thioether (sulfide) groups is 1. The molecule has 2 fully saturated rings. The molecule has 4 unspecified atom stereocenters. The highest BCUT2D eigenvalue weighted by atomic mass is 32.2. The van der Waals surface area contributed by atoms with Gasteiger partial charge in [-0.25, -0.2) is 0 Å². The van der Waals surface area contributed by atoms with E-state index < -0.39 is 0 Å². The summed E-state index contributed by atoms with van der Waals surface area (Å²) < 4.78 is 5.00. The predicted molar refractivity (Wildman–Crippen MR) is 114 cm³/mol. The molecule has 0 saturated carbocycles. The number of hydrogen-bond acceptors (Lipinski definition) is 6. The number of hydrogen-bond donors (Lipinski definition) is 3. The van der Waals surface area contributed by atoms with E-state index in [0.717, 1.165) is 30.5 Å². The summed E-state index contributed by atoms with van der Waals surface area (Å²) in [4.78, 5) is 27.4. The van der Waals surface area contributed by atoms with Crippen LogP contribution in [-0.2, 0) is 14.3 Å². The van der Waals surface area contributed by atoms with Gasteiger partial charge in [-0.05, 0) is 29.4 Å². The van der Waals surface area contributed by atoms with Crippen molar-refractivity contribution in [1.82, 2.24) is 20.9 Å². The number of amides is 2. The topological polar surface area (TPSA) is 82.7 Å². The summed E-state index contributed by atoms with van der Waals surface area (Å²) in [6, 6.07) is 10.2. The van der Waals surface area contributed by atoms with E-state index in [1.165, 1.54) is 0 Å². The summed E-state index contributed by atoms with van der Waals surface area (Å²) >= 11 is 1.57. The molecular formula is C21H28N4O3S. The highest BCUT2D eigenvalue weighted by Crippen LogP contribution is 2.38. The molecule has 3 N–H and O–H groups in total. The average Bonchev–Trinajstić information content (AvgIpc) is 3.19. The third-order valence-electron chi connectivity index (χ3n) is 5.76. The SMILES string of the molecule is COCCNC(=O)C1CCCN(C2NC(=O)C3SC=C(c4ccccc4)C3N2)C1. The van der Waals surface area contributed by atoms with E-state index >= 15 is 0 Å². The molecule has 3 aliphatic heterocycles. The van der Waals surface area contributed by atoms with Crippen molar-refractivity contribution in [2.75, 3.05) is 33.4 Å². The maximum Gasteiger partial charge on any atom is 0.237 e. The van der Waals surface area contributed by atoms with Crippen LogP contribution in [0.15, 0.2) is 35.7 Å². The van der Waals surface area contributed by atoms with Gasteiger partial charge in [0.1, 0.15) is 11.5 Å². The van der Waals surface area contributed by atoms with Crippen LogP contribution in [0.2, 0.25) is 0 Å². The predicted octanol–water partition coefficient (Wildman–Crippen LogP) is 0.989. The van der Waals surface area contributed by atoms with Gasteiger partial charge in [0.15, 0.2) is 0 Å². The van der Waals surface area contributed by atoms with E-state index in [-0.39, 0.29) is 35.3 Å². The number of piperidine rings is 1. The molecule has 2 amide bonds. The van der Waals surface area contributed by atoms with Crippen LogP contribution in [0.1, 0.15) is 18.4 Å². The van der Waals surface area contributed by atoms with Crippen molar-refractivity contribution in [2.24, 2.45) is 5.92 Å². The van der Waals surface area contributed by atoms with Crippen molar-refractivity contribution >= 4 is 29.1 Å². The van der Waals surface area contributed by atoms with Gasteiger partial charge in [-0.3, -0.25) is 19.8 Å². The number of methoxy groups -OCH3 is 1. The van der Waals surface area contributed by atoms with Crippen molar-refractivity contribution in [3.8, 4) is 0 Å². The molecule has 4 atom stereocenters. The van der Waals surface area contributed by atoms with Crippen LogP contribution in [0.25, 0.3) is 5.57 Å². The number of likely N-dealkylation sites (tertiary alicyclic amines) is 1. The van der Waals surface area contributed by atoms with Crippen LogP contribution in [0.3, 0.4) is 0 Å². The summed E-state index contributed by atoms with van der Waals surface area (Å²) in [7, 11) is 1.62. The van der Waals surface area contributed by atoms with Gasteiger partial charge in [0.2, 0.25) is 11.8 Å². The second kappa shape index (κ2) is 9.30. The summed E-state index contributed by atoms with van der Waals surface area (Å²) in [5.41, 5.74) is 2.30. The highest BCUT2D eigenvalue weighted by molar-refractivity contribution is 8.04. The van der Waals surface area contributed by atoms with Crippen LogP contribution < -0.4 is 16.0 Å². The second-order valence-corrected chi connectivity index (χ2v) is 8.69.